The quantitative estimate of drug-likeness (QED) is 0.183. The van der Waals surface area contributed by atoms with Crippen LogP contribution in [0.25, 0.3) is 0 Å². The lowest BCUT2D eigenvalue weighted by Gasteiger charge is -2.26. The number of nitrogens with zero attached hydrogens (tertiary/aromatic N) is 2. The molecule has 6 nitrogen and oxygen atoms in total. The molecule has 0 saturated carbocycles. The molecule has 0 amide bonds. The minimum Gasteiger partial charge on any atom is -0.497 e. The number of ether oxygens (including phenoxy) is 2. The second kappa shape index (κ2) is 14.3. The largest absolute Gasteiger partial charge is 0.497 e. The van der Waals surface area contributed by atoms with Crippen molar-refractivity contribution in [3.63, 3.8) is 0 Å². The zero-order chi connectivity index (χ0) is 24.9. The molecule has 0 radical (unpaired) electrons. The summed E-state index contributed by atoms with van der Waals surface area (Å²) >= 11 is 3.93. The van der Waals surface area contributed by atoms with Gasteiger partial charge in [-0.05, 0) is 57.0 Å². The van der Waals surface area contributed by atoms with Crippen molar-refractivity contribution in [2.24, 2.45) is 4.99 Å². The Hall–Kier alpha value is -3.03. The van der Waals surface area contributed by atoms with Gasteiger partial charge in [0, 0.05) is 47.9 Å². The molecule has 0 aliphatic heterocycles. The minimum absolute atomic E-state index is 0.413. The molecule has 182 valence electrons. The molecule has 0 aliphatic rings. The molecular formula is C27H35N3O3S. The molecule has 7 heteroatoms. The van der Waals surface area contributed by atoms with Gasteiger partial charge in [0.1, 0.15) is 11.5 Å². The average molecular weight is 482 g/mol. The van der Waals surface area contributed by atoms with Crippen LogP contribution in [0.4, 0.5) is 17.1 Å². The summed E-state index contributed by atoms with van der Waals surface area (Å²) in [7, 11) is 3.27. The topological polar surface area (TPSA) is 67.1 Å². The number of hydrogen-bond acceptors (Lipinski definition) is 7. The summed E-state index contributed by atoms with van der Waals surface area (Å²) in [6.45, 7) is 7.07. The molecule has 0 saturated heterocycles. The van der Waals surface area contributed by atoms with Crippen LogP contribution < -0.4 is 14.4 Å². The number of hydrogen-bond donors (Lipinski definition) is 2. The van der Waals surface area contributed by atoms with E-state index < -0.39 is 0 Å². The standard InChI is InChI=1S/C27H35N3O3S/c1-6-8-9-10-26(21(7-2)19-28)29-27-17-22(12-11-20(27)3)30(13-14-33-34)23-15-24(31-4)18-25(16-23)32-5/h7,9-12,15-19,28,34H,6,8,13-14H2,1-5H3/b10-9+,21-7+,28-19?,29-26?. The molecule has 0 spiro atoms. The van der Waals surface area contributed by atoms with Crippen molar-refractivity contribution in [2.75, 3.05) is 32.3 Å². The number of rotatable bonds is 13. The molecule has 34 heavy (non-hydrogen) atoms. The first kappa shape index (κ1) is 27.2. The number of aliphatic imine (C=N–C) groups is 1. The van der Waals surface area contributed by atoms with Crippen molar-refractivity contribution in [3.05, 3.63) is 65.8 Å². The van der Waals surface area contributed by atoms with Gasteiger partial charge < -0.3 is 24.0 Å². The zero-order valence-electron chi connectivity index (χ0n) is 20.7. The van der Waals surface area contributed by atoms with Crippen LogP contribution in [0, 0.1) is 12.3 Å². The molecule has 0 unspecified atom stereocenters. The van der Waals surface area contributed by atoms with E-state index in [9.17, 15) is 0 Å². The van der Waals surface area contributed by atoms with Crippen LogP contribution >= 0.6 is 12.9 Å². The molecule has 0 atom stereocenters. The van der Waals surface area contributed by atoms with Gasteiger partial charge in [-0.1, -0.05) is 31.6 Å². The Morgan fingerprint density at radius 2 is 1.79 bits per heavy atom. The van der Waals surface area contributed by atoms with Crippen molar-refractivity contribution in [3.8, 4) is 11.5 Å². The second-order valence-electron chi connectivity index (χ2n) is 7.60. The van der Waals surface area contributed by atoms with E-state index in [1.807, 2.05) is 56.3 Å². The SMILES string of the molecule is C/C=C(\C=N)C(/C=C/CCC)=Nc1cc(N(CCOS)c2cc(OC)cc(OC)c2)ccc1C. The molecule has 0 fully saturated rings. The molecular weight excluding hydrogens is 446 g/mol. The molecule has 2 rings (SSSR count). The highest BCUT2D eigenvalue weighted by Crippen LogP contribution is 2.35. The minimum atomic E-state index is 0.413. The average Bonchev–Trinajstić information content (AvgIpc) is 2.86. The highest BCUT2D eigenvalue weighted by Gasteiger charge is 2.14. The first-order valence-electron chi connectivity index (χ1n) is 11.3. The number of methoxy groups -OCH3 is 2. The predicted molar refractivity (Wildman–Crippen MR) is 146 cm³/mol. The monoisotopic (exact) mass is 481 g/mol. The summed E-state index contributed by atoms with van der Waals surface area (Å²) in [5, 5.41) is 7.80. The maximum absolute atomic E-state index is 7.80. The van der Waals surface area contributed by atoms with Gasteiger partial charge in [-0.15, -0.1) is 0 Å². The number of nitrogens with one attached hydrogen (secondary N) is 1. The Balaban J connectivity index is 2.61. The molecule has 0 aromatic heterocycles. The van der Waals surface area contributed by atoms with Gasteiger partial charge in [0.2, 0.25) is 0 Å². The van der Waals surface area contributed by atoms with Crippen molar-refractivity contribution < 1.29 is 13.7 Å². The first-order valence-corrected chi connectivity index (χ1v) is 11.7. The second-order valence-corrected chi connectivity index (χ2v) is 7.86. The molecule has 1 N–H and O–H groups in total. The first-order chi connectivity index (χ1) is 16.5. The van der Waals surface area contributed by atoms with Crippen LogP contribution in [-0.2, 0) is 4.18 Å². The van der Waals surface area contributed by atoms with Crippen LogP contribution in [0.2, 0.25) is 0 Å². The van der Waals surface area contributed by atoms with Gasteiger partial charge in [-0.3, -0.25) is 0 Å². The van der Waals surface area contributed by atoms with Gasteiger partial charge >= 0.3 is 0 Å². The normalized spacial score (nSPS) is 12.2. The van der Waals surface area contributed by atoms with Crippen LogP contribution in [0.3, 0.4) is 0 Å². The lowest BCUT2D eigenvalue weighted by molar-refractivity contribution is 0.389. The van der Waals surface area contributed by atoms with Gasteiger partial charge in [0.05, 0.1) is 32.2 Å². The third-order valence-electron chi connectivity index (χ3n) is 5.29. The maximum atomic E-state index is 7.80. The van der Waals surface area contributed by atoms with E-state index in [4.69, 9.17) is 24.1 Å². The van der Waals surface area contributed by atoms with E-state index in [1.165, 1.54) is 6.21 Å². The third kappa shape index (κ3) is 7.50. The fourth-order valence-corrected chi connectivity index (χ4v) is 3.45. The molecule has 0 heterocycles. The number of thiol groups is 1. The fourth-order valence-electron chi connectivity index (χ4n) is 3.37. The third-order valence-corrected chi connectivity index (χ3v) is 5.48. The van der Waals surface area contributed by atoms with Gasteiger partial charge in [-0.2, -0.15) is 0 Å². The maximum Gasteiger partial charge on any atom is 0.124 e. The highest BCUT2D eigenvalue weighted by molar-refractivity contribution is 7.75. The molecule has 0 aliphatic carbocycles. The number of aryl methyl sites for hydroxylation is 1. The fraction of sp³-hybridized carbons (Fsp3) is 0.333. The van der Waals surface area contributed by atoms with Gasteiger partial charge in [0.15, 0.2) is 0 Å². The lowest BCUT2D eigenvalue weighted by atomic mass is 10.1. The summed E-state index contributed by atoms with van der Waals surface area (Å²) in [5.41, 5.74) is 5.26. The highest BCUT2D eigenvalue weighted by atomic mass is 32.1. The summed E-state index contributed by atoms with van der Waals surface area (Å²) in [6.07, 6.45) is 9.36. The predicted octanol–water partition coefficient (Wildman–Crippen LogP) is 7.04. The van der Waals surface area contributed by atoms with E-state index in [0.29, 0.717) is 24.7 Å². The van der Waals surface area contributed by atoms with Crippen LogP contribution in [0.5, 0.6) is 11.5 Å². The van der Waals surface area contributed by atoms with Crippen LogP contribution in [0.1, 0.15) is 32.3 Å². The number of anilines is 2. The number of benzene rings is 2. The van der Waals surface area contributed by atoms with E-state index in [-0.39, 0.29) is 0 Å². The van der Waals surface area contributed by atoms with E-state index in [1.54, 1.807) is 14.2 Å². The van der Waals surface area contributed by atoms with Gasteiger partial charge in [-0.25, -0.2) is 4.99 Å². The molecule has 0 bridgehead atoms. The van der Waals surface area contributed by atoms with Crippen molar-refractivity contribution in [2.45, 2.75) is 33.6 Å². The Kier molecular flexibility index (Phi) is 11.4. The van der Waals surface area contributed by atoms with E-state index in [2.05, 4.69) is 36.9 Å². The smallest absolute Gasteiger partial charge is 0.124 e. The summed E-state index contributed by atoms with van der Waals surface area (Å²) in [5.74, 6) is 1.40. The van der Waals surface area contributed by atoms with Crippen molar-refractivity contribution >= 4 is 41.9 Å². The Morgan fingerprint density at radius 3 is 2.35 bits per heavy atom. The molecule has 2 aromatic carbocycles. The summed E-state index contributed by atoms with van der Waals surface area (Å²) < 4.78 is 16.0. The Labute approximate surface area is 209 Å². The van der Waals surface area contributed by atoms with E-state index in [0.717, 1.165) is 46.8 Å². The van der Waals surface area contributed by atoms with E-state index >= 15 is 0 Å². The number of unbranched alkanes of at least 4 members (excludes halogenated alkanes) is 1. The Morgan fingerprint density at radius 1 is 1.09 bits per heavy atom. The lowest BCUT2D eigenvalue weighted by Crippen LogP contribution is -2.21. The van der Waals surface area contributed by atoms with Crippen molar-refractivity contribution in [1.29, 1.82) is 5.41 Å². The van der Waals surface area contributed by atoms with Crippen molar-refractivity contribution in [1.82, 2.24) is 0 Å². The number of allylic oxidation sites excluding steroid dienone is 4. The molecule has 2 aromatic rings. The summed E-state index contributed by atoms with van der Waals surface area (Å²) in [4.78, 5) is 7.05. The van der Waals surface area contributed by atoms with Crippen LogP contribution in [0.15, 0.2) is 65.2 Å². The van der Waals surface area contributed by atoms with Gasteiger partial charge in [0.25, 0.3) is 0 Å². The Bertz CT molecular complexity index is 1030. The zero-order valence-corrected chi connectivity index (χ0v) is 21.6. The summed E-state index contributed by atoms with van der Waals surface area (Å²) in [6, 6.07) is 11.9. The van der Waals surface area contributed by atoms with Crippen LogP contribution in [-0.4, -0.2) is 39.3 Å².